The second-order valence-corrected chi connectivity index (χ2v) is 7.44. The van der Waals surface area contributed by atoms with Gasteiger partial charge in [-0.1, -0.05) is 12.1 Å². The van der Waals surface area contributed by atoms with Gasteiger partial charge in [-0.25, -0.2) is 0 Å². The molecule has 0 aromatic carbocycles. The van der Waals surface area contributed by atoms with E-state index in [4.69, 9.17) is 0 Å². The van der Waals surface area contributed by atoms with Crippen LogP contribution in [-0.4, -0.2) is 0 Å². The van der Waals surface area contributed by atoms with Gasteiger partial charge in [0, 0.05) is 19.5 Å². The largest absolute Gasteiger partial charge is 0.143 e. The van der Waals surface area contributed by atoms with Gasteiger partial charge in [0.25, 0.3) is 0 Å². The van der Waals surface area contributed by atoms with Gasteiger partial charge >= 0.3 is 0 Å². The molecule has 0 saturated carbocycles. The Bertz CT molecular complexity index is 600. The molecule has 0 nitrogen and oxygen atoms in total. The summed E-state index contributed by atoms with van der Waals surface area (Å²) in [5.74, 6) is 0. The molecule has 0 fully saturated rings. The van der Waals surface area contributed by atoms with Crippen molar-refractivity contribution < 1.29 is 0 Å². The van der Waals surface area contributed by atoms with Gasteiger partial charge in [0.05, 0.1) is 0 Å². The smallest absolute Gasteiger partial charge is 0.0484 e. The van der Waals surface area contributed by atoms with Gasteiger partial charge in [0.2, 0.25) is 0 Å². The molecule has 0 saturated heterocycles. The van der Waals surface area contributed by atoms with E-state index in [-0.39, 0.29) is 0 Å². The fourth-order valence-corrected chi connectivity index (χ4v) is 5.84. The van der Waals surface area contributed by atoms with E-state index in [0.29, 0.717) is 0 Å². The topological polar surface area (TPSA) is 0 Å². The van der Waals surface area contributed by atoms with Gasteiger partial charge in [0.1, 0.15) is 0 Å². The Morgan fingerprint density at radius 1 is 0.778 bits per heavy atom. The number of rotatable bonds is 2. The van der Waals surface area contributed by atoms with Crippen molar-refractivity contribution in [3.63, 3.8) is 0 Å². The van der Waals surface area contributed by atoms with E-state index in [0.717, 1.165) is 0 Å². The van der Waals surface area contributed by atoms with Gasteiger partial charge in [-0.2, -0.15) is 0 Å². The summed E-state index contributed by atoms with van der Waals surface area (Å²) in [6, 6.07) is 8.83. The minimum Gasteiger partial charge on any atom is -0.143 e. The maximum absolute atomic E-state index is 2.26. The van der Waals surface area contributed by atoms with Gasteiger partial charge in [-0.15, -0.1) is 34.0 Å². The number of thiophene rings is 3. The zero-order chi connectivity index (χ0) is 11.9. The van der Waals surface area contributed by atoms with Gasteiger partial charge in [-0.3, -0.25) is 0 Å². The Hall–Kier alpha value is -0.900. The van der Waals surface area contributed by atoms with Gasteiger partial charge in [0.15, 0.2) is 0 Å². The van der Waals surface area contributed by atoms with Crippen LogP contribution < -0.4 is 0 Å². The third-order valence-corrected chi connectivity index (χ3v) is 6.83. The van der Waals surface area contributed by atoms with E-state index in [1.54, 1.807) is 11.1 Å². The zero-order valence-corrected chi connectivity index (χ0v) is 12.3. The molecule has 0 N–H and O–H groups in total. The minimum absolute atomic E-state index is 1.27. The summed E-state index contributed by atoms with van der Waals surface area (Å²) in [7, 11) is 0. The van der Waals surface area contributed by atoms with Gasteiger partial charge < -0.3 is 0 Å². The number of hydrogen-bond donors (Lipinski definition) is 0. The van der Waals surface area contributed by atoms with Crippen molar-refractivity contribution in [2.45, 2.75) is 19.3 Å². The van der Waals surface area contributed by atoms with Crippen LogP contribution in [0.15, 0.2) is 35.0 Å². The molecule has 0 aliphatic heterocycles. The van der Waals surface area contributed by atoms with Crippen molar-refractivity contribution in [1.29, 1.82) is 0 Å². The molecule has 0 radical (unpaired) electrons. The van der Waals surface area contributed by atoms with Crippen LogP contribution in [0.3, 0.4) is 0 Å². The first-order chi connectivity index (χ1) is 8.93. The maximum atomic E-state index is 2.26. The Balaban J connectivity index is 1.94. The summed E-state index contributed by atoms with van der Waals surface area (Å²) in [4.78, 5) is 5.95. The molecule has 0 atom stereocenters. The Kier molecular flexibility index (Phi) is 2.64. The van der Waals surface area contributed by atoms with Crippen molar-refractivity contribution in [1.82, 2.24) is 0 Å². The lowest BCUT2D eigenvalue weighted by atomic mass is 10.1. The van der Waals surface area contributed by atoms with Crippen LogP contribution in [0.1, 0.15) is 17.5 Å². The van der Waals surface area contributed by atoms with E-state index < -0.39 is 0 Å². The monoisotopic (exact) mass is 288 g/mol. The molecule has 90 valence electrons. The highest BCUT2D eigenvalue weighted by Gasteiger charge is 2.24. The Morgan fingerprint density at radius 2 is 1.33 bits per heavy atom. The molecule has 1 aliphatic rings. The first-order valence-corrected chi connectivity index (χ1v) is 8.73. The lowest BCUT2D eigenvalue weighted by Gasteiger charge is -1.95. The summed E-state index contributed by atoms with van der Waals surface area (Å²) in [5.41, 5.74) is 3.26. The first kappa shape index (κ1) is 11.0. The first-order valence-electron chi connectivity index (χ1n) is 6.16. The average Bonchev–Trinajstić information content (AvgIpc) is 3.14. The minimum atomic E-state index is 1.27. The maximum Gasteiger partial charge on any atom is 0.0484 e. The highest BCUT2D eigenvalue weighted by Crippen LogP contribution is 2.48. The molecular formula is C15H12S3. The molecule has 3 heteroatoms. The number of hydrogen-bond acceptors (Lipinski definition) is 3. The van der Waals surface area contributed by atoms with Crippen molar-refractivity contribution in [3.8, 4) is 19.5 Å². The van der Waals surface area contributed by atoms with E-state index in [9.17, 15) is 0 Å². The van der Waals surface area contributed by atoms with Gasteiger partial charge in [-0.05, 0) is 53.3 Å². The fourth-order valence-electron chi connectivity index (χ4n) is 2.68. The molecule has 4 rings (SSSR count). The van der Waals surface area contributed by atoms with Crippen molar-refractivity contribution >= 4 is 34.0 Å². The van der Waals surface area contributed by atoms with E-state index in [1.807, 2.05) is 34.0 Å². The summed E-state index contributed by atoms with van der Waals surface area (Å²) in [6.07, 6.45) is 3.86. The highest BCUT2D eigenvalue weighted by atomic mass is 32.1. The highest BCUT2D eigenvalue weighted by molar-refractivity contribution is 7.26. The molecule has 1 aliphatic carbocycles. The molecule has 0 bridgehead atoms. The molecule has 3 aromatic rings. The standard InChI is InChI=1S/C15H12S3/c1-4-10-11(5-1)15(13-7-3-9-17-13)18-14(10)12-6-2-8-16-12/h2-3,6-9H,1,4-5H2. The lowest BCUT2D eigenvalue weighted by molar-refractivity contribution is 0.912. The SMILES string of the molecule is c1csc(-c2sc(-c3cccs3)c3c2CCC3)c1. The summed E-state index contributed by atoms with van der Waals surface area (Å²) < 4.78 is 0. The van der Waals surface area contributed by atoms with Crippen molar-refractivity contribution in [2.24, 2.45) is 0 Å². The van der Waals surface area contributed by atoms with Crippen molar-refractivity contribution in [3.05, 3.63) is 46.2 Å². The van der Waals surface area contributed by atoms with E-state index in [2.05, 4.69) is 35.0 Å². The third-order valence-electron chi connectivity index (χ3n) is 3.46. The zero-order valence-electron chi connectivity index (χ0n) is 9.81. The molecule has 0 unspecified atom stereocenters. The Morgan fingerprint density at radius 3 is 1.78 bits per heavy atom. The predicted molar refractivity (Wildman–Crippen MR) is 83.0 cm³/mol. The summed E-state index contributed by atoms with van der Waals surface area (Å²) in [6.45, 7) is 0. The molecule has 0 spiro atoms. The molecule has 3 heterocycles. The van der Waals surface area contributed by atoms with Crippen LogP contribution >= 0.6 is 34.0 Å². The molecule has 18 heavy (non-hydrogen) atoms. The van der Waals surface area contributed by atoms with Crippen LogP contribution in [0.4, 0.5) is 0 Å². The second-order valence-electron chi connectivity index (χ2n) is 4.53. The molecule has 3 aromatic heterocycles. The van der Waals surface area contributed by atoms with Crippen LogP contribution in [0, 0.1) is 0 Å². The van der Waals surface area contributed by atoms with Crippen LogP contribution in [0.25, 0.3) is 19.5 Å². The summed E-state index contributed by atoms with van der Waals surface area (Å²) >= 11 is 5.73. The fraction of sp³-hybridized carbons (Fsp3) is 0.200. The van der Waals surface area contributed by atoms with Crippen molar-refractivity contribution in [2.75, 3.05) is 0 Å². The third kappa shape index (κ3) is 1.62. The van der Waals surface area contributed by atoms with Crippen LogP contribution in [0.2, 0.25) is 0 Å². The predicted octanol–water partition coefficient (Wildman–Crippen LogP) is 5.69. The molecular weight excluding hydrogens is 276 g/mol. The average molecular weight is 288 g/mol. The quantitative estimate of drug-likeness (QED) is 0.568. The second kappa shape index (κ2) is 4.34. The molecule has 0 amide bonds. The van der Waals surface area contributed by atoms with Crippen LogP contribution in [-0.2, 0) is 12.8 Å². The van der Waals surface area contributed by atoms with Crippen LogP contribution in [0.5, 0.6) is 0 Å². The van der Waals surface area contributed by atoms with E-state index >= 15 is 0 Å². The number of fused-ring (bicyclic) bond motifs is 1. The normalized spacial score (nSPS) is 14.0. The Labute approximate surface area is 119 Å². The lowest BCUT2D eigenvalue weighted by Crippen LogP contribution is -1.77. The van der Waals surface area contributed by atoms with E-state index in [1.165, 1.54) is 38.8 Å². The summed E-state index contributed by atoms with van der Waals surface area (Å²) in [5, 5.41) is 4.36.